The van der Waals surface area contributed by atoms with Gasteiger partial charge in [0, 0.05) is 20.3 Å². The molecule has 11 heteroatoms. The Hall–Kier alpha value is -2.59. The predicted molar refractivity (Wildman–Crippen MR) is 101 cm³/mol. The number of carbonyl (C=O) groups excluding carboxylic acids is 1. The standard InChI is InChI=1S/C16H16ClFN4O4S/c1-8(2)7-19-26-13(23)9-5-12(11(18)6-10(9)17)22-14(24)20(3)16(27)21(4)15(22)25/h5-8H,1-4H3. The van der Waals surface area contributed by atoms with Gasteiger partial charge < -0.3 is 4.84 Å². The molecule has 0 bridgehead atoms. The maximum absolute atomic E-state index is 14.5. The lowest BCUT2D eigenvalue weighted by molar-refractivity contribution is 0.0517. The molecule has 0 saturated carbocycles. The number of oxime groups is 1. The highest BCUT2D eigenvalue weighted by Crippen LogP contribution is 2.23. The minimum Gasteiger partial charge on any atom is -0.313 e. The number of rotatable bonds is 4. The molecule has 0 radical (unpaired) electrons. The van der Waals surface area contributed by atoms with Crippen LogP contribution in [-0.2, 0) is 18.9 Å². The quantitative estimate of drug-likeness (QED) is 0.331. The minimum atomic E-state index is -0.974. The highest BCUT2D eigenvalue weighted by molar-refractivity contribution is 7.71. The van der Waals surface area contributed by atoms with Crippen molar-refractivity contribution in [3.8, 4) is 5.69 Å². The van der Waals surface area contributed by atoms with E-state index in [0.717, 1.165) is 21.3 Å². The summed E-state index contributed by atoms with van der Waals surface area (Å²) in [6.45, 7) is 3.65. The number of hydrogen-bond acceptors (Lipinski definition) is 6. The second kappa shape index (κ2) is 7.97. The van der Waals surface area contributed by atoms with Crippen molar-refractivity contribution in [2.45, 2.75) is 13.8 Å². The van der Waals surface area contributed by atoms with Crippen LogP contribution >= 0.6 is 23.8 Å². The van der Waals surface area contributed by atoms with E-state index >= 15 is 0 Å². The molecule has 8 nitrogen and oxygen atoms in total. The van der Waals surface area contributed by atoms with E-state index in [1.165, 1.54) is 20.3 Å². The lowest BCUT2D eigenvalue weighted by atomic mass is 10.2. The minimum absolute atomic E-state index is 0.0376. The van der Waals surface area contributed by atoms with Crippen molar-refractivity contribution in [3.05, 3.63) is 54.3 Å². The fourth-order valence-electron chi connectivity index (χ4n) is 2.09. The third-order valence-electron chi connectivity index (χ3n) is 3.52. The first-order valence-electron chi connectivity index (χ1n) is 7.69. The number of aromatic nitrogens is 3. The van der Waals surface area contributed by atoms with Crippen LogP contribution in [0.4, 0.5) is 4.39 Å². The van der Waals surface area contributed by atoms with Gasteiger partial charge >= 0.3 is 17.3 Å². The van der Waals surface area contributed by atoms with Gasteiger partial charge in [0.05, 0.1) is 16.3 Å². The molecule has 27 heavy (non-hydrogen) atoms. The molecule has 2 rings (SSSR count). The molecule has 0 spiro atoms. The van der Waals surface area contributed by atoms with Crippen molar-refractivity contribution in [2.24, 2.45) is 25.2 Å². The second-order valence-electron chi connectivity index (χ2n) is 5.96. The van der Waals surface area contributed by atoms with Crippen molar-refractivity contribution in [1.29, 1.82) is 0 Å². The molecule has 0 fully saturated rings. The monoisotopic (exact) mass is 414 g/mol. The maximum atomic E-state index is 14.5. The van der Waals surface area contributed by atoms with Crippen molar-refractivity contribution < 1.29 is 14.0 Å². The van der Waals surface area contributed by atoms with Crippen LogP contribution in [0.5, 0.6) is 0 Å². The Morgan fingerprint density at radius 2 is 1.81 bits per heavy atom. The Morgan fingerprint density at radius 1 is 1.26 bits per heavy atom. The van der Waals surface area contributed by atoms with Crippen molar-refractivity contribution in [2.75, 3.05) is 0 Å². The highest BCUT2D eigenvalue weighted by atomic mass is 35.5. The van der Waals surface area contributed by atoms with Gasteiger partial charge in [-0.25, -0.2) is 23.3 Å². The normalized spacial score (nSPS) is 11.4. The lowest BCUT2D eigenvalue weighted by Gasteiger charge is -2.12. The van der Waals surface area contributed by atoms with E-state index in [9.17, 15) is 18.8 Å². The van der Waals surface area contributed by atoms with Gasteiger partial charge in [-0.3, -0.25) is 9.13 Å². The summed E-state index contributed by atoms with van der Waals surface area (Å²) in [7, 11) is 2.68. The molecule has 0 N–H and O–H groups in total. The summed E-state index contributed by atoms with van der Waals surface area (Å²) >= 11 is 10.9. The first-order valence-corrected chi connectivity index (χ1v) is 8.48. The van der Waals surface area contributed by atoms with E-state index in [2.05, 4.69) is 5.16 Å². The second-order valence-corrected chi connectivity index (χ2v) is 6.73. The zero-order chi connectivity index (χ0) is 20.5. The molecule has 1 aromatic carbocycles. The van der Waals surface area contributed by atoms with Gasteiger partial charge in [0.2, 0.25) is 0 Å². The van der Waals surface area contributed by atoms with Crippen LogP contribution in [0.15, 0.2) is 26.9 Å². The molecule has 1 aromatic heterocycles. The van der Waals surface area contributed by atoms with Gasteiger partial charge in [0.15, 0.2) is 4.77 Å². The van der Waals surface area contributed by atoms with Gasteiger partial charge in [-0.15, -0.1) is 0 Å². The largest absolute Gasteiger partial charge is 0.367 e. The Morgan fingerprint density at radius 3 is 2.33 bits per heavy atom. The molecule has 0 atom stereocenters. The topological polar surface area (TPSA) is 87.6 Å². The van der Waals surface area contributed by atoms with E-state index in [1.54, 1.807) is 0 Å². The Labute approximate surface area is 163 Å². The summed E-state index contributed by atoms with van der Waals surface area (Å²) in [6, 6.07) is 1.77. The molecule has 0 aliphatic rings. The van der Waals surface area contributed by atoms with Crippen LogP contribution in [0.2, 0.25) is 5.02 Å². The summed E-state index contributed by atoms with van der Waals surface area (Å²) in [5.41, 5.74) is -2.47. The Bertz CT molecular complexity index is 1080. The van der Waals surface area contributed by atoms with Gasteiger partial charge in [-0.2, -0.15) is 0 Å². The SMILES string of the molecule is CC(C)C=NOC(=O)c1cc(-n2c(=O)n(C)c(=S)n(C)c2=O)c(F)cc1Cl. The maximum Gasteiger partial charge on any atom is 0.367 e. The first kappa shape index (κ1) is 20.7. The van der Waals surface area contributed by atoms with Crippen LogP contribution in [0.25, 0.3) is 5.69 Å². The summed E-state index contributed by atoms with van der Waals surface area (Å²) < 4.78 is 17.0. The lowest BCUT2D eigenvalue weighted by Crippen LogP contribution is -2.43. The molecule has 0 saturated heterocycles. The molecular weight excluding hydrogens is 399 g/mol. The van der Waals surface area contributed by atoms with Crippen molar-refractivity contribution in [1.82, 2.24) is 13.7 Å². The van der Waals surface area contributed by atoms with Crippen LogP contribution in [0, 0.1) is 16.5 Å². The average Bonchev–Trinajstić information content (AvgIpc) is 2.59. The van der Waals surface area contributed by atoms with Crippen molar-refractivity contribution in [3.63, 3.8) is 0 Å². The fraction of sp³-hybridized carbons (Fsp3) is 0.312. The van der Waals surface area contributed by atoms with E-state index in [0.29, 0.717) is 4.57 Å². The van der Waals surface area contributed by atoms with E-state index < -0.39 is 28.9 Å². The number of halogens is 2. The zero-order valence-electron chi connectivity index (χ0n) is 14.9. The van der Waals surface area contributed by atoms with Crippen LogP contribution < -0.4 is 11.4 Å². The summed E-state index contributed by atoms with van der Waals surface area (Å²) in [4.78, 5) is 41.7. The molecule has 2 aromatic rings. The van der Waals surface area contributed by atoms with Crippen LogP contribution in [0.3, 0.4) is 0 Å². The predicted octanol–water partition coefficient (Wildman–Crippen LogP) is 2.20. The average molecular weight is 415 g/mol. The van der Waals surface area contributed by atoms with Gasteiger partial charge in [-0.1, -0.05) is 30.6 Å². The third kappa shape index (κ3) is 4.06. The summed E-state index contributed by atoms with van der Waals surface area (Å²) in [6.07, 6.45) is 1.39. The van der Waals surface area contributed by atoms with Crippen LogP contribution in [0.1, 0.15) is 24.2 Å². The fourth-order valence-corrected chi connectivity index (χ4v) is 2.47. The number of carbonyl (C=O) groups is 1. The molecule has 1 heterocycles. The Kier molecular flexibility index (Phi) is 6.11. The van der Waals surface area contributed by atoms with Gasteiger partial charge in [-0.05, 0) is 30.3 Å². The molecule has 0 aliphatic carbocycles. The number of nitrogens with zero attached hydrogens (tertiary/aromatic N) is 4. The Balaban J connectivity index is 2.68. The molecule has 0 amide bonds. The zero-order valence-corrected chi connectivity index (χ0v) is 16.5. The smallest absolute Gasteiger partial charge is 0.313 e. The van der Waals surface area contributed by atoms with Crippen LogP contribution in [-0.4, -0.2) is 25.9 Å². The molecule has 0 unspecified atom stereocenters. The van der Waals surface area contributed by atoms with E-state index in [1.807, 2.05) is 13.8 Å². The summed E-state index contributed by atoms with van der Waals surface area (Å²) in [5.74, 6) is -1.90. The first-order chi connectivity index (χ1) is 12.6. The van der Waals surface area contributed by atoms with Gasteiger partial charge in [0.25, 0.3) is 0 Å². The molecular formula is C16H16ClFN4O4S. The van der Waals surface area contributed by atoms with Crippen molar-refractivity contribution >= 4 is 36.0 Å². The molecule has 0 aliphatic heterocycles. The van der Waals surface area contributed by atoms with E-state index in [4.69, 9.17) is 28.7 Å². The van der Waals surface area contributed by atoms with Gasteiger partial charge in [0.1, 0.15) is 5.82 Å². The molecule has 144 valence electrons. The van der Waals surface area contributed by atoms with E-state index in [-0.39, 0.29) is 21.3 Å². The number of benzene rings is 1. The number of hydrogen-bond donors (Lipinski definition) is 0. The third-order valence-corrected chi connectivity index (χ3v) is 4.38. The highest BCUT2D eigenvalue weighted by Gasteiger charge is 2.21. The summed E-state index contributed by atoms with van der Waals surface area (Å²) in [5, 5.41) is 3.25.